The Kier molecular flexibility index (Phi) is 20.0. The van der Waals surface area contributed by atoms with Gasteiger partial charge in [0.25, 0.3) is 0 Å². The van der Waals surface area contributed by atoms with Gasteiger partial charge < -0.3 is 35.1 Å². The average Bonchev–Trinajstić information content (AvgIpc) is 3.60. The Bertz CT molecular complexity index is 1690. The van der Waals surface area contributed by atoms with E-state index in [1.165, 1.54) is 13.8 Å². The van der Waals surface area contributed by atoms with Gasteiger partial charge in [0.15, 0.2) is 23.2 Å². The number of hydrogen-bond donors (Lipinski definition) is 4. The van der Waals surface area contributed by atoms with Gasteiger partial charge in [0.05, 0.1) is 11.4 Å². The van der Waals surface area contributed by atoms with E-state index in [1.54, 1.807) is 16.2 Å². The summed E-state index contributed by atoms with van der Waals surface area (Å²) in [5.74, 6) is 0.753. The smallest absolute Gasteiger partial charge is 0.407 e. The van der Waals surface area contributed by atoms with Gasteiger partial charge in [-0.2, -0.15) is 0 Å². The van der Waals surface area contributed by atoms with Gasteiger partial charge in [0.1, 0.15) is 5.60 Å². The van der Waals surface area contributed by atoms with E-state index in [2.05, 4.69) is 15.3 Å². The molecule has 0 aliphatic carbocycles. The van der Waals surface area contributed by atoms with Crippen LogP contribution in [0.1, 0.15) is 94.7 Å². The maximum Gasteiger partial charge on any atom is 0.407 e. The van der Waals surface area contributed by atoms with Crippen molar-refractivity contribution in [2.24, 2.45) is 19.8 Å². The summed E-state index contributed by atoms with van der Waals surface area (Å²) in [6, 6.07) is 15.5. The van der Waals surface area contributed by atoms with Crippen molar-refractivity contribution in [2.45, 2.75) is 92.8 Å². The molecule has 4 aromatic rings. The first-order valence-corrected chi connectivity index (χ1v) is 16.3. The summed E-state index contributed by atoms with van der Waals surface area (Å²) in [5, 5.41) is 21.0. The third-order valence-corrected chi connectivity index (χ3v) is 7.56. The largest absolute Gasteiger partial charge is 0.444 e. The van der Waals surface area contributed by atoms with E-state index >= 15 is 0 Å². The van der Waals surface area contributed by atoms with E-state index < -0.39 is 11.7 Å². The number of aryl methyl sites for hydroxylation is 2. The number of nitrogens with one attached hydrogen (secondary N) is 1. The average molecular weight is 743 g/mol. The second-order valence-corrected chi connectivity index (χ2v) is 13.2. The zero-order valence-corrected chi connectivity index (χ0v) is 30.8. The first kappa shape index (κ1) is 47.6. The summed E-state index contributed by atoms with van der Waals surface area (Å²) in [5.41, 5.74) is 10.9. The fourth-order valence-corrected chi connectivity index (χ4v) is 5.20. The molecule has 5 N–H and O–H groups in total. The van der Waals surface area contributed by atoms with Gasteiger partial charge in [-0.3, -0.25) is 9.59 Å². The highest BCUT2D eigenvalue weighted by Gasteiger charge is 2.20. The van der Waals surface area contributed by atoms with Crippen LogP contribution >= 0.6 is 12.4 Å². The zero-order chi connectivity index (χ0) is 36.3. The van der Waals surface area contributed by atoms with Crippen LogP contribution in [0.2, 0.25) is 0 Å². The highest BCUT2D eigenvalue weighted by Crippen LogP contribution is 2.21. The van der Waals surface area contributed by atoms with Crippen LogP contribution < -0.4 is 11.1 Å². The SMILES string of the molecule is C.C.CC(=O)c1nc(-c2ccc(C[C@@H](CCO)NC(=O)OC(C)(C)C)cc2)cn1C.CC(=O)c1nc(-c2ccc(C[C@H](N)CCO)cc2)cn1C.Cl. The lowest BCUT2D eigenvalue weighted by molar-refractivity contribution is 0.0496. The molecule has 4 rings (SSSR count). The molecule has 0 bridgehead atoms. The quantitative estimate of drug-likeness (QED) is 0.114. The molecule has 0 radical (unpaired) electrons. The van der Waals surface area contributed by atoms with Crippen molar-refractivity contribution in [3.63, 3.8) is 0 Å². The number of hydrogen-bond acceptors (Lipinski definition) is 9. The molecule has 0 saturated heterocycles. The predicted octanol–water partition coefficient (Wildman–Crippen LogP) is 6.34. The van der Waals surface area contributed by atoms with E-state index in [1.807, 2.05) is 88.7 Å². The normalized spacial score (nSPS) is 11.7. The molecule has 0 fully saturated rings. The number of nitrogens with two attached hydrogens (primary N) is 1. The Morgan fingerprint density at radius 1 is 0.769 bits per heavy atom. The van der Waals surface area contributed by atoms with Crippen LogP contribution in [-0.2, 0) is 31.7 Å². The highest BCUT2D eigenvalue weighted by atomic mass is 35.5. The van der Waals surface area contributed by atoms with E-state index in [4.69, 9.17) is 15.6 Å². The van der Waals surface area contributed by atoms with Crippen LogP contribution in [0, 0.1) is 0 Å². The molecule has 2 atom stereocenters. The molecule has 0 aliphatic heterocycles. The second kappa shape index (κ2) is 21.9. The summed E-state index contributed by atoms with van der Waals surface area (Å²) in [4.78, 5) is 43.7. The second-order valence-electron chi connectivity index (χ2n) is 13.2. The minimum absolute atomic E-state index is 0. The number of carbonyl (C=O) groups is 3. The Balaban J connectivity index is 0.000000978. The molecule has 13 heteroatoms. The first-order valence-electron chi connectivity index (χ1n) is 16.3. The number of nitrogens with zero attached hydrogens (tertiary/aromatic N) is 4. The van der Waals surface area contributed by atoms with Crippen LogP contribution in [0.4, 0.5) is 4.79 Å². The van der Waals surface area contributed by atoms with Crippen molar-refractivity contribution >= 4 is 30.1 Å². The van der Waals surface area contributed by atoms with Crippen LogP contribution in [0.25, 0.3) is 22.5 Å². The standard InChI is InChI=1S/C21H29N3O4.C16H21N3O2.2CH4.ClH/c1-14(26)19-23-18(13-24(19)5)16-8-6-15(7-9-16)12-17(10-11-25)22-20(27)28-21(2,3)4;1-11(21)16-18-15(10-19(16)2)13-5-3-12(4-6-13)9-14(17)7-8-20;;;/h6-9,13,17,25H,10-12H2,1-5H3,(H,22,27);3-6,10,14,20H,7-9,17H2,1-2H3;2*1H4;1H/t17-;14-;;;/m11.../s1. The Labute approximate surface area is 315 Å². The number of alkyl carbamates (subject to hydrolysis) is 1. The molecule has 0 saturated carbocycles. The highest BCUT2D eigenvalue weighted by molar-refractivity contribution is 5.92. The van der Waals surface area contributed by atoms with Crippen LogP contribution in [0.15, 0.2) is 60.9 Å². The minimum Gasteiger partial charge on any atom is -0.444 e. The summed E-state index contributed by atoms with van der Waals surface area (Å²) in [6.45, 7) is 8.51. The number of aromatic nitrogens is 4. The number of benzene rings is 2. The van der Waals surface area contributed by atoms with Crippen molar-refractivity contribution in [2.75, 3.05) is 13.2 Å². The van der Waals surface area contributed by atoms with Crippen LogP contribution in [0.3, 0.4) is 0 Å². The lowest BCUT2D eigenvalue weighted by Gasteiger charge is -2.23. The molecule has 2 heterocycles. The van der Waals surface area contributed by atoms with Gasteiger partial charge in [0, 0.05) is 76.8 Å². The maximum absolute atomic E-state index is 12.0. The number of ether oxygens (including phenoxy) is 1. The van der Waals surface area contributed by atoms with Gasteiger partial charge in [-0.15, -0.1) is 12.4 Å². The van der Waals surface area contributed by atoms with E-state index in [0.29, 0.717) is 30.9 Å². The molecule has 52 heavy (non-hydrogen) atoms. The molecule has 2 aromatic heterocycles. The van der Waals surface area contributed by atoms with Gasteiger partial charge >= 0.3 is 6.09 Å². The van der Waals surface area contributed by atoms with Gasteiger partial charge in [-0.05, 0) is 57.6 Å². The molecular weight excluding hydrogens is 684 g/mol. The number of imidazole rings is 2. The minimum atomic E-state index is -0.573. The number of Topliss-reactive ketones (excluding diaryl/α,β-unsaturated/α-hetero) is 2. The number of ketones is 2. The molecule has 288 valence electrons. The van der Waals surface area contributed by atoms with E-state index in [-0.39, 0.29) is 64.1 Å². The summed E-state index contributed by atoms with van der Waals surface area (Å²) >= 11 is 0. The Morgan fingerprint density at radius 3 is 1.52 bits per heavy atom. The Hall–Kier alpha value is -4.36. The Morgan fingerprint density at radius 2 is 1.17 bits per heavy atom. The van der Waals surface area contributed by atoms with Crippen molar-refractivity contribution in [1.29, 1.82) is 0 Å². The van der Waals surface area contributed by atoms with Gasteiger partial charge in [0.2, 0.25) is 0 Å². The van der Waals surface area contributed by atoms with Crippen molar-refractivity contribution in [3.8, 4) is 22.5 Å². The molecule has 2 aromatic carbocycles. The number of halogens is 1. The van der Waals surface area contributed by atoms with Crippen LogP contribution in [-0.4, -0.2) is 77.9 Å². The molecule has 0 unspecified atom stereocenters. The topological polar surface area (TPSA) is 175 Å². The number of aliphatic hydroxyl groups excluding tert-OH is 2. The zero-order valence-electron chi connectivity index (χ0n) is 30.0. The van der Waals surface area contributed by atoms with Crippen molar-refractivity contribution in [3.05, 3.63) is 83.7 Å². The molecular formula is C39H59ClN6O6. The van der Waals surface area contributed by atoms with Gasteiger partial charge in [-0.25, -0.2) is 14.8 Å². The lowest BCUT2D eigenvalue weighted by Crippen LogP contribution is -2.40. The summed E-state index contributed by atoms with van der Waals surface area (Å²) in [6.07, 6.45) is 5.52. The first-order chi connectivity index (χ1) is 23.1. The van der Waals surface area contributed by atoms with Crippen molar-refractivity contribution in [1.82, 2.24) is 24.4 Å². The van der Waals surface area contributed by atoms with Gasteiger partial charge in [-0.1, -0.05) is 63.4 Å². The molecule has 1 amide bonds. The fraction of sp³-hybridized carbons (Fsp3) is 0.462. The lowest BCUT2D eigenvalue weighted by atomic mass is 10.0. The van der Waals surface area contributed by atoms with E-state index in [9.17, 15) is 19.5 Å². The summed E-state index contributed by atoms with van der Waals surface area (Å²) < 4.78 is 8.75. The van der Waals surface area contributed by atoms with E-state index in [0.717, 1.165) is 40.1 Å². The predicted molar refractivity (Wildman–Crippen MR) is 210 cm³/mol. The van der Waals surface area contributed by atoms with Crippen LogP contribution in [0.5, 0.6) is 0 Å². The number of amides is 1. The fourth-order valence-electron chi connectivity index (χ4n) is 5.20. The third kappa shape index (κ3) is 14.7. The molecule has 12 nitrogen and oxygen atoms in total. The third-order valence-electron chi connectivity index (χ3n) is 7.56. The molecule has 0 aliphatic rings. The number of rotatable bonds is 13. The summed E-state index contributed by atoms with van der Waals surface area (Å²) in [7, 11) is 3.61. The molecule has 0 spiro atoms. The number of aliphatic hydroxyl groups is 2. The van der Waals surface area contributed by atoms with Crippen molar-refractivity contribution < 1.29 is 29.3 Å². The maximum atomic E-state index is 12.0. The number of carbonyl (C=O) groups excluding carboxylic acids is 3. The monoisotopic (exact) mass is 742 g/mol.